The Bertz CT molecular complexity index is 747. The zero-order valence-electron chi connectivity index (χ0n) is 15.2. The number of nitrogens with one attached hydrogen (secondary N) is 1. The molecule has 6 heteroatoms. The van der Waals surface area contributed by atoms with Crippen molar-refractivity contribution in [1.82, 2.24) is 10.2 Å². The van der Waals surface area contributed by atoms with Crippen molar-refractivity contribution in [3.05, 3.63) is 64.1 Å². The third-order valence-electron chi connectivity index (χ3n) is 4.78. The minimum Gasteiger partial charge on any atom is -0.492 e. The van der Waals surface area contributed by atoms with Crippen LogP contribution in [0.25, 0.3) is 0 Å². The van der Waals surface area contributed by atoms with E-state index >= 15 is 0 Å². The average molecular weight is 407 g/mol. The number of rotatable bonds is 7. The zero-order chi connectivity index (χ0) is 19.1. The van der Waals surface area contributed by atoms with Crippen LogP contribution in [0.1, 0.15) is 18.4 Å². The number of hydrogen-bond acceptors (Lipinski definition) is 3. The Morgan fingerprint density at radius 3 is 2.56 bits per heavy atom. The fourth-order valence-electron chi connectivity index (χ4n) is 3.25. The van der Waals surface area contributed by atoms with E-state index in [1.807, 2.05) is 42.5 Å². The van der Waals surface area contributed by atoms with Crippen molar-refractivity contribution in [3.63, 3.8) is 0 Å². The molecule has 3 rings (SSSR count). The van der Waals surface area contributed by atoms with Gasteiger partial charge in [0.1, 0.15) is 12.4 Å². The number of carbonyl (C=O) groups is 1. The second kappa shape index (κ2) is 9.98. The molecule has 2 aromatic rings. The van der Waals surface area contributed by atoms with Crippen molar-refractivity contribution in [2.24, 2.45) is 5.92 Å². The number of nitrogens with zero attached hydrogens (tertiary/aromatic N) is 1. The Hall–Kier alpha value is -1.75. The quantitative estimate of drug-likeness (QED) is 0.692. The van der Waals surface area contributed by atoms with Gasteiger partial charge in [-0.3, -0.25) is 9.69 Å². The predicted octanol–water partition coefficient (Wildman–Crippen LogP) is 4.40. The molecule has 1 aliphatic heterocycles. The van der Waals surface area contributed by atoms with E-state index in [-0.39, 0.29) is 11.8 Å². The molecular weight excluding hydrogens is 383 g/mol. The van der Waals surface area contributed by atoms with Crippen LogP contribution < -0.4 is 10.1 Å². The van der Waals surface area contributed by atoms with Gasteiger partial charge in [0, 0.05) is 22.5 Å². The molecule has 0 radical (unpaired) electrons. The molecule has 0 atom stereocenters. The summed E-state index contributed by atoms with van der Waals surface area (Å²) in [5, 5.41) is 4.33. The lowest BCUT2D eigenvalue weighted by Crippen LogP contribution is -2.41. The van der Waals surface area contributed by atoms with E-state index in [0.29, 0.717) is 23.2 Å². The third-order valence-corrected chi connectivity index (χ3v) is 5.37. The van der Waals surface area contributed by atoms with Crippen LogP contribution in [0.2, 0.25) is 10.0 Å². The average Bonchev–Trinajstić information content (AvgIpc) is 2.69. The lowest BCUT2D eigenvalue weighted by molar-refractivity contribution is -0.126. The largest absolute Gasteiger partial charge is 0.492 e. The molecule has 0 saturated carbocycles. The van der Waals surface area contributed by atoms with Gasteiger partial charge >= 0.3 is 0 Å². The molecule has 27 heavy (non-hydrogen) atoms. The Morgan fingerprint density at radius 2 is 1.85 bits per heavy atom. The Kier molecular flexibility index (Phi) is 7.39. The van der Waals surface area contributed by atoms with Crippen LogP contribution in [-0.2, 0) is 11.3 Å². The number of benzene rings is 2. The van der Waals surface area contributed by atoms with Gasteiger partial charge in [0.05, 0.1) is 6.54 Å². The number of amides is 1. The van der Waals surface area contributed by atoms with Crippen LogP contribution in [0.5, 0.6) is 5.75 Å². The second-order valence-corrected chi connectivity index (χ2v) is 7.58. The van der Waals surface area contributed by atoms with Crippen molar-refractivity contribution in [2.75, 3.05) is 26.2 Å². The minimum absolute atomic E-state index is 0.0682. The number of carbonyl (C=O) groups excluding carboxylic acids is 1. The summed E-state index contributed by atoms with van der Waals surface area (Å²) in [4.78, 5) is 14.7. The van der Waals surface area contributed by atoms with Crippen molar-refractivity contribution in [1.29, 1.82) is 0 Å². The summed E-state index contributed by atoms with van der Waals surface area (Å²) in [6.07, 6.45) is 1.72. The second-order valence-electron chi connectivity index (χ2n) is 6.74. The highest BCUT2D eigenvalue weighted by Gasteiger charge is 2.25. The number of para-hydroxylation sites is 1. The molecule has 0 spiro atoms. The van der Waals surface area contributed by atoms with Gasteiger partial charge in [-0.1, -0.05) is 47.5 Å². The summed E-state index contributed by atoms with van der Waals surface area (Å²) in [7, 11) is 0. The molecule has 144 valence electrons. The van der Waals surface area contributed by atoms with Gasteiger partial charge in [0.15, 0.2) is 0 Å². The Morgan fingerprint density at radius 1 is 1.11 bits per heavy atom. The van der Waals surface area contributed by atoms with E-state index in [1.165, 1.54) is 0 Å². The lowest BCUT2D eigenvalue weighted by atomic mass is 9.95. The van der Waals surface area contributed by atoms with Gasteiger partial charge in [0.25, 0.3) is 0 Å². The monoisotopic (exact) mass is 406 g/mol. The molecule has 1 N–H and O–H groups in total. The molecule has 0 unspecified atom stereocenters. The summed E-state index contributed by atoms with van der Waals surface area (Å²) in [5.74, 6) is 1.01. The first-order chi connectivity index (χ1) is 13.1. The summed E-state index contributed by atoms with van der Waals surface area (Å²) in [5.41, 5.74) is 1.07. The van der Waals surface area contributed by atoms with Crippen LogP contribution in [0.15, 0.2) is 48.5 Å². The standard InChI is InChI=1S/C21H24Cl2N2O2/c22-18-7-6-17(20(23)14-18)15-25-11-8-16(9-12-25)21(26)24-10-13-27-19-4-2-1-3-5-19/h1-7,14,16H,8-13,15H2,(H,24,26). The first-order valence-electron chi connectivity index (χ1n) is 9.23. The van der Waals surface area contributed by atoms with E-state index in [9.17, 15) is 4.79 Å². The maximum absolute atomic E-state index is 12.3. The van der Waals surface area contributed by atoms with Crippen molar-refractivity contribution >= 4 is 29.1 Å². The highest BCUT2D eigenvalue weighted by molar-refractivity contribution is 6.35. The predicted molar refractivity (Wildman–Crippen MR) is 109 cm³/mol. The summed E-state index contributed by atoms with van der Waals surface area (Å²) >= 11 is 12.2. The van der Waals surface area contributed by atoms with E-state index in [0.717, 1.165) is 43.8 Å². The highest BCUT2D eigenvalue weighted by atomic mass is 35.5. The number of piperidine rings is 1. The topological polar surface area (TPSA) is 41.6 Å². The van der Waals surface area contributed by atoms with Crippen LogP contribution in [0.3, 0.4) is 0 Å². The minimum atomic E-state index is 0.0682. The summed E-state index contributed by atoms with van der Waals surface area (Å²) in [6, 6.07) is 15.2. The molecular formula is C21H24Cl2N2O2. The summed E-state index contributed by atoms with van der Waals surface area (Å²) in [6.45, 7) is 3.56. The number of ether oxygens (including phenoxy) is 1. The van der Waals surface area contributed by atoms with E-state index in [2.05, 4.69) is 10.2 Å². The normalized spacial score (nSPS) is 15.5. The first kappa shape index (κ1) is 20.0. The lowest BCUT2D eigenvalue weighted by Gasteiger charge is -2.31. The van der Waals surface area contributed by atoms with Crippen molar-refractivity contribution in [2.45, 2.75) is 19.4 Å². The van der Waals surface area contributed by atoms with E-state index < -0.39 is 0 Å². The Balaban J connectivity index is 1.36. The molecule has 1 aliphatic rings. The van der Waals surface area contributed by atoms with Gasteiger partial charge in [0.2, 0.25) is 5.91 Å². The fraction of sp³-hybridized carbons (Fsp3) is 0.381. The smallest absolute Gasteiger partial charge is 0.223 e. The van der Waals surface area contributed by atoms with Gasteiger partial charge in [-0.25, -0.2) is 0 Å². The molecule has 2 aromatic carbocycles. The van der Waals surface area contributed by atoms with Gasteiger partial charge < -0.3 is 10.1 Å². The van der Waals surface area contributed by atoms with E-state index in [4.69, 9.17) is 27.9 Å². The third kappa shape index (κ3) is 6.13. The molecule has 1 saturated heterocycles. The number of likely N-dealkylation sites (tertiary alicyclic amines) is 1. The number of hydrogen-bond donors (Lipinski definition) is 1. The molecule has 0 bridgehead atoms. The SMILES string of the molecule is O=C(NCCOc1ccccc1)C1CCN(Cc2ccc(Cl)cc2Cl)CC1. The maximum atomic E-state index is 12.3. The Labute approximate surface area is 170 Å². The fourth-order valence-corrected chi connectivity index (χ4v) is 3.72. The van der Waals surface area contributed by atoms with Crippen LogP contribution in [0.4, 0.5) is 0 Å². The van der Waals surface area contributed by atoms with Crippen molar-refractivity contribution in [3.8, 4) is 5.75 Å². The van der Waals surface area contributed by atoms with E-state index in [1.54, 1.807) is 6.07 Å². The molecule has 1 heterocycles. The molecule has 0 aromatic heterocycles. The van der Waals surface area contributed by atoms with Crippen LogP contribution in [-0.4, -0.2) is 37.0 Å². The van der Waals surface area contributed by atoms with Gasteiger partial charge in [-0.2, -0.15) is 0 Å². The van der Waals surface area contributed by atoms with Crippen LogP contribution >= 0.6 is 23.2 Å². The number of halogens is 2. The zero-order valence-corrected chi connectivity index (χ0v) is 16.7. The van der Waals surface area contributed by atoms with Gasteiger partial charge in [-0.05, 0) is 55.8 Å². The first-order valence-corrected chi connectivity index (χ1v) is 9.99. The molecule has 1 amide bonds. The highest BCUT2D eigenvalue weighted by Crippen LogP contribution is 2.25. The molecule has 4 nitrogen and oxygen atoms in total. The van der Waals surface area contributed by atoms with Crippen molar-refractivity contribution < 1.29 is 9.53 Å². The molecule has 1 fully saturated rings. The van der Waals surface area contributed by atoms with Gasteiger partial charge in [-0.15, -0.1) is 0 Å². The summed E-state index contributed by atoms with van der Waals surface area (Å²) < 4.78 is 5.60. The maximum Gasteiger partial charge on any atom is 0.223 e. The molecule has 0 aliphatic carbocycles. The van der Waals surface area contributed by atoms with Crippen LogP contribution in [0, 0.1) is 5.92 Å².